The molecule has 3 N–H and O–H groups in total. The molecule has 0 aromatic carbocycles. The number of halogens is 2. The van der Waals surface area contributed by atoms with E-state index in [1.807, 2.05) is 0 Å². The van der Waals surface area contributed by atoms with Crippen molar-refractivity contribution in [3.63, 3.8) is 0 Å². The quantitative estimate of drug-likeness (QED) is 0.796. The third-order valence-electron chi connectivity index (χ3n) is 1.48. The van der Waals surface area contributed by atoms with Gasteiger partial charge in [0.1, 0.15) is 11.2 Å². The van der Waals surface area contributed by atoms with Gasteiger partial charge in [0.25, 0.3) is 0 Å². The van der Waals surface area contributed by atoms with Crippen molar-refractivity contribution in [1.29, 1.82) is 0 Å². The smallest absolute Gasteiger partial charge is 0.325 e. The summed E-state index contributed by atoms with van der Waals surface area (Å²) in [5.41, 5.74) is 5.80. The summed E-state index contributed by atoms with van der Waals surface area (Å²) in [5, 5.41) is 8.84. The summed E-state index contributed by atoms with van der Waals surface area (Å²) in [7, 11) is 0. The minimum absolute atomic E-state index is 0.203. The fraction of sp³-hybridized carbons (Fsp3) is 0.143. The van der Waals surface area contributed by atoms with Crippen LogP contribution in [-0.4, -0.2) is 16.1 Å². The van der Waals surface area contributed by atoms with Crippen molar-refractivity contribution >= 4 is 33.5 Å². The number of carboxylic acid groups (broad SMARTS) is 1. The molecular weight excluding hydrogens is 259 g/mol. The number of carbonyl (C=O) groups is 1. The first kappa shape index (κ1) is 10.4. The van der Waals surface area contributed by atoms with E-state index in [-0.39, 0.29) is 5.15 Å². The topological polar surface area (TPSA) is 76.2 Å². The molecule has 6 heteroatoms. The minimum atomic E-state index is -1.11. The lowest BCUT2D eigenvalue weighted by Crippen LogP contribution is -2.21. The normalized spacial score (nSPS) is 12.5. The first-order valence-electron chi connectivity index (χ1n) is 3.32. The maximum absolute atomic E-state index is 10.6. The SMILES string of the molecule is N[C@@H](C(=O)O)c1ccnc(Cl)c1Br. The molecule has 0 saturated heterocycles. The maximum atomic E-state index is 10.6. The van der Waals surface area contributed by atoms with E-state index in [0.29, 0.717) is 10.0 Å². The van der Waals surface area contributed by atoms with Crippen LogP contribution in [0.25, 0.3) is 0 Å². The van der Waals surface area contributed by atoms with E-state index < -0.39 is 12.0 Å². The Bertz CT molecular complexity index is 345. The fourth-order valence-corrected chi connectivity index (χ4v) is 1.45. The second-order valence-corrected chi connectivity index (χ2v) is 3.47. The number of hydrogen-bond donors (Lipinski definition) is 2. The maximum Gasteiger partial charge on any atom is 0.325 e. The Balaban J connectivity index is 3.15. The van der Waals surface area contributed by atoms with Gasteiger partial charge in [-0.25, -0.2) is 4.98 Å². The molecule has 0 aliphatic rings. The van der Waals surface area contributed by atoms with Gasteiger partial charge in [-0.2, -0.15) is 0 Å². The van der Waals surface area contributed by atoms with Crippen LogP contribution in [0.1, 0.15) is 11.6 Å². The molecule has 13 heavy (non-hydrogen) atoms. The van der Waals surface area contributed by atoms with Gasteiger partial charge in [0.15, 0.2) is 0 Å². The van der Waals surface area contributed by atoms with Crippen molar-refractivity contribution in [3.05, 3.63) is 27.5 Å². The molecule has 1 aromatic rings. The first-order valence-corrected chi connectivity index (χ1v) is 4.49. The van der Waals surface area contributed by atoms with Crippen molar-refractivity contribution in [2.45, 2.75) is 6.04 Å². The zero-order valence-corrected chi connectivity index (χ0v) is 8.71. The molecule has 1 rings (SSSR count). The number of rotatable bonds is 2. The predicted molar refractivity (Wildman–Crippen MR) is 51.5 cm³/mol. The third-order valence-corrected chi connectivity index (χ3v) is 2.83. The number of nitrogens with zero attached hydrogens (tertiary/aromatic N) is 1. The van der Waals surface area contributed by atoms with Crippen molar-refractivity contribution in [2.75, 3.05) is 0 Å². The van der Waals surface area contributed by atoms with Crippen molar-refractivity contribution in [2.24, 2.45) is 5.73 Å². The average molecular weight is 265 g/mol. The van der Waals surface area contributed by atoms with Crippen LogP contribution in [-0.2, 0) is 4.79 Å². The van der Waals surface area contributed by atoms with Crippen LogP contribution in [0.5, 0.6) is 0 Å². The predicted octanol–water partition coefficient (Wildman–Crippen LogP) is 1.58. The van der Waals surface area contributed by atoms with Crippen LogP contribution < -0.4 is 5.73 Å². The van der Waals surface area contributed by atoms with E-state index in [2.05, 4.69) is 20.9 Å². The first-order chi connectivity index (χ1) is 6.04. The van der Waals surface area contributed by atoms with Crippen LogP contribution in [0.4, 0.5) is 0 Å². The molecule has 0 aliphatic heterocycles. The number of nitrogens with two attached hydrogens (primary N) is 1. The minimum Gasteiger partial charge on any atom is -0.480 e. The number of aliphatic carboxylic acids is 1. The van der Waals surface area contributed by atoms with Crippen LogP contribution >= 0.6 is 27.5 Å². The summed E-state index contributed by atoms with van der Waals surface area (Å²) in [6.45, 7) is 0. The molecule has 0 unspecified atom stereocenters. The summed E-state index contributed by atoms with van der Waals surface area (Å²) < 4.78 is 0.423. The molecule has 70 valence electrons. The van der Waals surface area contributed by atoms with E-state index in [0.717, 1.165) is 0 Å². The molecule has 0 radical (unpaired) electrons. The largest absolute Gasteiger partial charge is 0.480 e. The van der Waals surface area contributed by atoms with Gasteiger partial charge in [-0.05, 0) is 27.6 Å². The number of pyridine rings is 1. The van der Waals surface area contributed by atoms with Crippen LogP contribution in [0.3, 0.4) is 0 Å². The molecule has 0 bridgehead atoms. The highest BCUT2D eigenvalue weighted by Gasteiger charge is 2.18. The van der Waals surface area contributed by atoms with Crippen LogP contribution in [0, 0.1) is 0 Å². The molecule has 4 nitrogen and oxygen atoms in total. The lowest BCUT2D eigenvalue weighted by molar-refractivity contribution is -0.138. The van der Waals surface area contributed by atoms with Gasteiger partial charge in [0, 0.05) is 6.20 Å². The third kappa shape index (κ3) is 2.18. The van der Waals surface area contributed by atoms with E-state index in [9.17, 15) is 4.79 Å². The highest BCUT2D eigenvalue weighted by molar-refractivity contribution is 9.10. The average Bonchev–Trinajstić information content (AvgIpc) is 2.08. The van der Waals surface area contributed by atoms with Gasteiger partial charge >= 0.3 is 5.97 Å². The Hall–Kier alpha value is -0.650. The molecule has 0 spiro atoms. The Morgan fingerprint density at radius 2 is 2.38 bits per heavy atom. The fourth-order valence-electron chi connectivity index (χ4n) is 0.805. The number of hydrogen-bond acceptors (Lipinski definition) is 3. The van der Waals surface area contributed by atoms with Gasteiger partial charge in [-0.15, -0.1) is 0 Å². The zero-order chi connectivity index (χ0) is 10.0. The lowest BCUT2D eigenvalue weighted by Gasteiger charge is -2.08. The van der Waals surface area contributed by atoms with Gasteiger partial charge < -0.3 is 10.8 Å². The molecule has 0 aliphatic carbocycles. The standard InChI is InChI=1S/C7H6BrClN2O2/c8-4-3(5(10)7(12)13)1-2-11-6(4)9/h1-2,5H,10H2,(H,12,13)/t5-/m1/s1. The molecule has 0 fully saturated rings. The van der Waals surface area contributed by atoms with E-state index in [1.54, 1.807) is 0 Å². The molecule has 1 atom stereocenters. The lowest BCUT2D eigenvalue weighted by atomic mass is 10.1. The summed E-state index contributed by atoms with van der Waals surface area (Å²) in [6, 6.07) is 0.421. The van der Waals surface area contributed by atoms with Crippen LogP contribution in [0.15, 0.2) is 16.7 Å². The Morgan fingerprint density at radius 1 is 1.77 bits per heavy atom. The van der Waals surface area contributed by atoms with Crippen molar-refractivity contribution < 1.29 is 9.90 Å². The number of carboxylic acids is 1. The number of aromatic nitrogens is 1. The second kappa shape index (κ2) is 4.04. The van der Waals surface area contributed by atoms with Crippen molar-refractivity contribution in [3.8, 4) is 0 Å². The van der Waals surface area contributed by atoms with E-state index in [1.165, 1.54) is 12.3 Å². The highest BCUT2D eigenvalue weighted by atomic mass is 79.9. The Labute approximate surface area is 87.8 Å². The highest BCUT2D eigenvalue weighted by Crippen LogP contribution is 2.27. The van der Waals surface area contributed by atoms with Gasteiger partial charge in [-0.3, -0.25) is 4.79 Å². The monoisotopic (exact) mass is 264 g/mol. The summed E-state index contributed by atoms with van der Waals surface area (Å²) in [6.07, 6.45) is 1.41. The summed E-state index contributed by atoms with van der Waals surface area (Å²) in [4.78, 5) is 14.3. The zero-order valence-electron chi connectivity index (χ0n) is 6.37. The van der Waals surface area contributed by atoms with Gasteiger partial charge in [0.05, 0.1) is 4.47 Å². The van der Waals surface area contributed by atoms with Crippen molar-refractivity contribution in [1.82, 2.24) is 4.98 Å². The molecular formula is C7H6BrClN2O2. The molecule has 0 saturated carbocycles. The Morgan fingerprint density at radius 3 is 2.92 bits per heavy atom. The molecule has 1 heterocycles. The summed E-state index contributed by atoms with van der Waals surface area (Å²) >= 11 is 8.77. The second-order valence-electron chi connectivity index (χ2n) is 2.32. The van der Waals surface area contributed by atoms with E-state index in [4.69, 9.17) is 22.4 Å². The Kier molecular flexibility index (Phi) is 3.24. The van der Waals surface area contributed by atoms with Gasteiger partial charge in [-0.1, -0.05) is 11.6 Å². The molecule has 0 amide bonds. The van der Waals surface area contributed by atoms with E-state index >= 15 is 0 Å². The van der Waals surface area contributed by atoms with Gasteiger partial charge in [0.2, 0.25) is 0 Å². The summed E-state index contributed by atoms with van der Waals surface area (Å²) in [5.74, 6) is -1.11. The van der Waals surface area contributed by atoms with Crippen LogP contribution in [0.2, 0.25) is 5.15 Å². The molecule has 1 aromatic heterocycles.